The zero-order valence-corrected chi connectivity index (χ0v) is 18.2. The van der Waals surface area contributed by atoms with Gasteiger partial charge < -0.3 is 9.47 Å². The number of methoxy groups -OCH3 is 1. The van der Waals surface area contributed by atoms with E-state index in [4.69, 9.17) is 4.74 Å². The van der Waals surface area contributed by atoms with Crippen molar-refractivity contribution in [2.75, 3.05) is 26.9 Å². The van der Waals surface area contributed by atoms with Crippen molar-refractivity contribution in [3.8, 4) is 0 Å². The number of carbonyl (C=O) groups excluding carboxylic acids is 1. The summed E-state index contributed by atoms with van der Waals surface area (Å²) in [7, 11) is 1.68. The Morgan fingerprint density at radius 3 is 2.47 bits per heavy atom. The minimum absolute atomic E-state index is 0.159. The highest BCUT2D eigenvalue weighted by Gasteiger charge is 2.13. The van der Waals surface area contributed by atoms with Gasteiger partial charge in [-0.05, 0) is 31.0 Å². The van der Waals surface area contributed by atoms with Crippen molar-refractivity contribution >= 4 is 17.0 Å². The van der Waals surface area contributed by atoms with Crippen molar-refractivity contribution in [3.63, 3.8) is 0 Å². The lowest BCUT2D eigenvalue weighted by Crippen LogP contribution is -2.29. The first-order chi connectivity index (χ1) is 14.7. The van der Waals surface area contributed by atoms with Crippen molar-refractivity contribution in [3.05, 3.63) is 60.2 Å². The summed E-state index contributed by atoms with van der Waals surface area (Å²) in [6.07, 6.45) is 1.20. The lowest BCUT2D eigenvalue weighted by Gasteiger charge is -2.22. The molecular formula is C23H32N4O3. The molecule has 1 heterocycles. The monoisotopic (exact) mass is 412 g/mol. The molecule has 0 aliphatic rings. The Bertz CT molecular complexity index is 865. The minimum atomic E-state index is -0.159. The molecule has 3 aromatic rings. The Morgan fingerprint density at radius 1 is 1.07 bits per heavy atom. The van der Waals surface area contributed by atoms with Crippen LogP contribution in [0.5, 0.6) is 0 Å². The predicted octanol–water partition coefficient (Wildman–Crippen LogP) is 3.89. The number of hydrogen-bond donors (Lipinski definition) is 0. The fraction of sp³-hybridized carbons (Fsp3) is 0.435. The molecule has 0 saturated heterocycles. The van der Waals surface area contributed by atoms with Gasteiger partial charge in [-0.1, -0.05) is 54.6 Å². The van der Waals surface area contributed by atoms with Crippen LogP contribution in [0, 0.1) is 0 Å². The first-order valence-corrected chi connectivity index (χ1v) is 10.4. The van der Waals surface area contributed by atoms with Gasteiger partial charge in [0.15, 0.2) is 0 Å². The molecule has 0 spiro atoms. The quantitative estimate of drug-likeness (QED) is 0.471. The molecule has 3 rings (SSSR count). The summed E-state index contributed by atoms with van der Waals surface area (Å²) in [5.41, 5.74) is 3.05. The van der Waals surface area contributed by atoms with E-state index in [-0.39, 0.29) is 5.97 Å². The summed E-state index contributed by atoms with van der Waals surface area (Å²) in [6, 6.07) is 18.1. The average Bonchev–Trinajstić information content (AvgIpc) is 3.19. The highest BCUT2D eigenvalue weighted by atomic mass is 16.5. The van der Waals surface area contributed by atoms with Crippen molar-refractivity contribution < 1.29 is 14.3 Å². The number of aromatic nitrogens is 3. The third-order valence-corrected chi connectivity index (χ3v) is 4.39. The third kappa shape index (κ3) is 7.93. The lowest BCUT2D eigenvalue weighted by atomic mass is 10.2. The molecule has 7 nitrogen and oxygen atoms in total. The van der Waals surface area contributed by atoms with Gasteiger partial charge >= 0.3 is 5.97 Å². The summed E-state index contributed by atoms with van der Waals surface area (Å²) in [5.74, 6) is -0.159. The van der Waals surface area contributed by atoms with E-state index in [0.717, 1.165) is 30.6 Å². The van der Waals surface area contributed by atoms with Crippen LogP contribution in [-0.4, -0.2) is 52.7 Å². The van der Waals surface area contributed by atoms with Gasteiger partial charge in [-0.3, -0.25) is 9.69 Å². The van der Waals surface area contributed by atoms with Gasteiger partial charge in [-0.25, -0.2) is 4.68 Å². The minimum Gasteiger partial charge on any atom is -0.466 e. The van der Waals surface area contributed by atoms with Gasteiger partial charge in [-0.15, -0.1) is 5.10 Å². The van der Waals surface area contributed by atoms with Gasteiger partial charge in [0.2, 0.25) is 0 Å². The second-order valence-corrected chi connectivity index (χ2v) is 6.81. The normalized spacial score (nSPS) is 10.7. The maximum Gasteiger partial charge on any atom is 0.307 e. The van der Waals surface area contributed by atoms with Crippen molar-refractivity contribution in [2.45, 2.75) is 39.9 Å². The van der Waals surface area contributed by atoms with E-state index in [0.29, 0.717) is 26.2 Å². The molecule has 30 heavy (non-hydrogen) atoms. The Balaban J connectivity index is 0.000000735. The Kier molecular flexibility index (Phi) is 10.5. The maximum atomic E-state index is 11.9. The highest BCUT2D eigenvalue weighted by molar-refractivity contribution is 5.73. The number of nitrogens with zero attached hydrogens (tertiary/aromatic N) is 4. The number of para-hydroxylation sites is 1. The number of rotatable bonds is 10. The average molecular weight is 413 g/mol. The summed E-state index contributed by atoms with van der Waals surface area (Å²) >= 11 is 0. The van der Waals surface area contributed by atoms with E-state index in [1.165, 1.54) is 5.56 Å². The van der Waals surface area contributed by atoms with E-state index in [1.54, 1.807) is 7.11 Å². The van der Waals surface area contributed by atoms with Crippen LogP contribution in [0.25, 0.3) is 11.0 Å². The molecule has 0 N–H and O–H groups in total. The van der Waals surface area contributed by atoms with Crippen LogP contribution in [0.15, 0.2) is 54.6 Å². The molecule has 7 heteroatoms. The number of benzene rings is 2. The van der Waals surface area contributed by atoms with E-state index >= 15 is 0 Å². The molecule has 0 unspecified atom stereocenters. The second-order valence-electron chi connectivity index (χ2n) is 6.81. The standard InChI is InChI=1S/C20H24N4O2.C3H8O/c1-2-14-26-20(25)12-13-23(15-17-8-4-3-5-9-17)16-24-19-11-7-6-10-18(19)21-22-24;1-3-4-2/h3-11H,2,12-16H2,1H3;3H2,1-2H3. The van der Waals surface area contributed by atoms with E-state index in [2.05, 4.69) is 32.1 Å². The van der Waals surface area contributed by atoms with Crippen LogP contribution in [0.1, 0.15) is 32.3 Å². The van der Waals surface area contributed by atoms with Gasteiger partial charge in [-0.2, -0.15) is 0 Å². The van der Waals surface area contributed by atoms with Crippen LogP contribution in [0.2, 0.25) is 0 Å². The fourth-order valence-corrected chi connectivity index (χ4v) is 2.79. The molecule has 0 amide bonds. The number of hydrogen-bond acceptors (Lipinski definition) is 6. The third-order valence-electron chi connectivity index (χ3n) is 4.39. The largest absolute Gasteiger partial charge is 0.466 e. The summed E-state index contributed by atoms with van der Waals surface area (Å²) in [6.45, 7) is 7.15. The van der Waals surface area contributed by atoms with Crippen LogP contribution in [-0.2, 0) is 27.5 Å². The number of fused-ring (bicyclic) bond motifs is 1. The Morgan fingerprint density at radius 2 is 1.77 bits per heavy atom. The van der Waals surface area contributed by atoms with E-state index < -0.39 is 0 Å². The number of carbonyl (C=O) groups is 1. The van der Waals surface area contributed by atoms with Gasteiger partial charge in [0.25, 0.3) is 0 Å². The highest BCUT2D eigenvalue weighted by Crippen LogP contribution is 2.13. The van der Waals surface area contributed by atoms with Gasteiger partial charge in [0.1, 0.15) is 5.52 Å². The van der Waals surface area contributed by atoms with Crippen molar-refractivity contribution in [1.29, 1.82) is 0 Å². The molecule has 0 saturated carbocycles. The molecule has 1 aromatic heterocycles. The second kappa shape index (κ2) is 13.5. The van der Waals surface area contributed by atoms with Crippen LogP contribution >= 0.6 is 0 Å². The Labute approximate surface area is 178 Å². The van der Waals surface area contributed by atoms with Crippen LogP contribution < -0.4 is 0 Å². The fourth-order valence-electron chi connectivity index (χ4n) is 2.79. The topological polar surface area (TPSA) is 69.5 Å². The molecule has 0 atom stereocenters. The number of ether oxygens (including phenoxy) is 2. The van der Waals surface area contributed by atoms with Crippen LogP contribution in [0.3, 0.4) is 0 Å². The first kappa shape index (κ1) is 23.5. The predicted molar refractivity (Wildman–Crippen MR) is 118 cm³/mol. The molecule has 2 aromatic carbocycles. The zero-order valence-electron chi connectivity index (χ0n) is 18.2. The first-order valence-electron chi connectivity index (χ1n) is 10.4. The molecule has 0 radical (unpaired) electrons. The molecule has 162 valence electrons. The van der Waals surface area contributed by atoms with Crippen molar-refractivity contribution in [1.82, 2.24) is 19.9 Å². The molecule has 0 bridgehead atoms. The SMILES string of the molecule is CCCOC(=O)CCN(Cc1ccccc1)Cn1nnc2ccccc21.CCOC. The molecule has 0 aliphatic heterocycles. The molecule has 0 aliphatic carbocycles. The summed E-state index contributed by atoms with van der Waals surface area (Å²) < 4.78 is 11.6. The zero-order chi connectivity index (χ0) is 21.6. The number of esters is 1. The summed E-state index contributed by atoms with van der Waals surface area (Å²) in [5, 5.41) is 8.47. The smallest absolute Gasteiger partial charge is 0.307 e. The van der Waals surface area contributed by atoms with Gasteiger partial charge in [0.05, 0.1) is 25.2 Å². The lowest BCUT2D eigenvalue weighted by molar-refractivity contribution is -0.144. The Hall–Kier alpha value is -2.77. The van der Waals surface area contributed by atoms with E-state index in [9.17, 15) is 4.79 Å². The molecular weight excluding hydrogens is 380 g/mol. The summed E-state index contributed by atoms with van der Waals surface area (Å²) in [4.78, 5) is 14.1. The van der Waals surface area contributed by atoms with Crippen LogP contribution in [0.4, 0.5) is 0 Å². The van der Waals surface area contributed by atoms with Crippen molar-refractivity contribution in [2.24, 2.45) is 0 Å². The van der Waals surface area contributed by atoms with E-state index in [1.807, 2.05) is 61.0 Å². The maximum absolute atomic E-state index is 11.9. The van der Waals surface area contributed by atoms with Gasteiger partial charge in [0, 0.05) is 26.8 Å². The molecule has 0 fully saturated rings.